The van der Waals surface area contributed by atoms with Crippen LogP contribution in [0.2, 0.25) is 0 Å². The molecule has 3 aromatic rings. The van der Waals surface area contributed by atoms with Crippen LogP contribution < -0.4 is 5.56 Å². The molecule has 1 aromatic heterocycles. The van der Waals surface area contributed by atoms with Crippen LogP contribution in [0.5, 0.6) is 0 Å². The molecule has 0 bridgehead atoms. The first-order valence-corrected chi connectivity index (χ1v) is 9.10. The molecule has 0 unspecified atom stereocenters. The molecule has 1 fully saturated rings. The number of para-hydroxylation sites is 1. The molecular formula is C21H23N3O. The lowest BCUT2D eigenvalue weighted by molar-refractivity contribution is 0.277. The van der Waals surface area contributed by atoms with Gasteiger partial charge in [0.15, 0.2) is 0 Å². The first-order chi connectivity index (χ1) is 12.3. The van der Waals surface area contributed by atoms with Gasteiger partial charge in [-0.05, 0) is 49.7 Å². The molecule has 2 heterocycles. The van der Waals surface area contributed by atoms with E-state index >= 15 is 0 Å². The quantitative estimate of drug-likeness (QED) is 0.789. The summed E-state index contributed by atoms with van der Waals surface area (Å²) >= 11 is 0. The molecule has 0 aliphatic carbocycles. The van der Waals surface area contributed by atoms with Crippen LogP contribution in [0.25, 0.3) is 22.3 Å². The van der Waals surface area contributed by atoms with Gasteiger partial charge in [-0.15, -0.1) is 0 Å². The van der Waals surface area contributed by atoms with Crippen molar-refractivity contribution in [3.63, 3.8) is 0 Å². The Labute approximate surface area is 147 Å². The fourth-order valence-electron chi connectivity index (χ4n) is 3.59. The predicted molar refractivity (Wildman–Crippen MR) is 102 cm³/mol. The van der Waals surface area contributed by atoms with Gasteiger partial charge in [-0.1, -0.05) is 43.2 Å². The Kier molecular flexibility index (Phi) is 4.61. The average molecular weight is 333 g/mol. The Morgan fingerprint density at radius 2 is 1.76 bits per heavy atom. The SMILES string of the molecule is O=c1[nH]c(-c2cccc(CN3CCCCCC3)c2)nc2ccccc12. The maximum atomic E-state index is 12.3. The molecule has 0 amide bonds. The monoisotopic (exact) mass is 333 g/mol. The predicted octanol–water partition coefficient (Wildman–Crippen LogP) is 3.97. The number of nitrogens with zero attached hydrogens (tertiary/aromatic N) is 2. The van der Waals surface area contributed by atoms with Crippen LogP contribution in [0.3, 0.4) is 0 Å². The van der Waals surface area contributed by atoms with Gasteiger partial charge in [0.05, 0.1) is 10.9 Å². The Morgan fingerprint density at radius 3 is 2.60 bits per heavy atom. The largest absolute Gasteiger partial charge is 0.306 e. The fourth-order valence-corrected chi connectivity index (χ4v) is 3.59. The van der Waals surface area contributed by atoms with Gasteiger partial charge in [-0.2, -0.15) is 0 Å². The van der Waals surface area contributed by atoms with Crippen LogP contribution in [0.1, 0.15) is 31.2 Å². The normalized spacial score (nSPS) is 16.0. The first kappa shape index (κ1) is 16.0. The minimum absolute atomic E-state index is 0.0847. The zero-order chi connectivity index (χ0) is 17.1. The Hall–Kier alpha value is -2.46. The van der Waals surface area contributed by atoms with Gasteiger partial charge in [-0.3, -0.25) is 9.69 Å². The summed E-state index contributed by atoms with van der Waals surface area (Å²) in [6, 6.07) is 15.8. The Bertz CT molecular complexity index is 924. The summed E-state index contributed by atoms with van der Waals surface area (Å²) in [5.74, 6) is 0.640. The summed E-state index contributed by atoms with van der Waals surface area (Å²) in [4.78, 5) is 22.4. The number of aromatic amines is 1. The second-order valence-electron chi connectivity index (χ2n) is 6.82. The van der Waals surface area contributed by atoms with Gasteiger partial charge in [0.1, 0.15) is 5.82 Å². The molecule has 2 aromatic carbocycles. The highest BCUT2D eigenvalue weighted by molar-refractivity contribution is 5.79. The Morgan fingerprint density at radius 1 is 0.960 bits per heavy atom. The maximum Gasteiger partial charge on any atom is 0.259 e. The third kappa shape index (κ3) is 3.64. The van der Waals surface area contributed by atoms with E-state index in [2.05, 4.69) is 33.1 Å². The van der Waals surface area contributed by atoms with Gasteiger partial charge >= 0.3 is 0 Å². The van der Waals surface area contributed by atoms with Gasteiger partial charge in [0.2, 0.25) is 0 Å². The summed E-state index contributed by atoms with van der Waals surface area (Å²) in [5.41, 5.74) is 2.89. The van der Waals surface area contributed by atoms with E-state index in [1.165, 1.54) is 44.3 Å². The highest BCUT2D eigenvalue weighted by Gasteiger charge is 2.11. The van der Waals surface area contributed by atoms with Gasteiger partial charge in [0.25, 0.3) is 5.56 Å². The zero-order valence-corrected chi connectivity index (χ0v) is 14.4. The lowest BCUT2D eigenvalue weighted by Gasteiger charge is -2.20. The van der Waals surface area contributed by atoms with Crippen LogP contribution in [0, 0.1) is 0 Å². The first-order valence-electron chi connectivity index (χ1n) is 9.10. The van der Waals surface area contributed by atoms with Crippen molar-refractivity contribution in [3.8, 4) is 11.4 Å². The van der Waals surface area contributed by atoms with Crippen LogP contribution in [0.15, 0.2) is 53.3 Å². The van der Waals surface area contributed by atoms with E-state index in [0.717, 1.165) is 17.6 Å². The minimum atomic E-state index is -0.0847. The molecule has 1 aliphatic rings. The highest BCUT2D eigenvalue weighted by atomic mass is 16.1. The molecule has 4 heteroatoms. The van der Waals surface area contributed by atoms with Crippen LogP contribution in [0.4, 0.5) is 0 Å². The minimum Gasteiger partial charge on any atom is -0.306 e. The molecule has 1 N–H and O–H groups in total. The zero-order valence-electron chi connectivity index (χ0n) is 14.4. The number of H-pyrrole nitrogens is 1. The molecule has 4 nitrogen and oxygen atoms in total. The van der Waals surface area contributed by atoms with Crippen molar-refractivity contribution in [2.75, 3.05) is 13.1 Å². The molecule has 1 aliphatic heterocycles. The van der Waals surface area contributed by atoms with Crippen LogP contribution in [-0.2, 0) is 6.54 Å². The van der Waals surface area contributed by atoms with Gasteiger partial charge < -0.3 is 4.98 Å². The summed E-state index contributed by atoms with van der Waals surface area (Å²) in [7, 11) is 0. The number of nitrogens with one attached hydrogen (secondary N) is 1. The topological polar surface area (TPSA) is 49.0 Å². The molecule has 128 valence electrons. The molecule has 0 atom stereocenters. The summed E-state index contributed by atoms with van der Waals surface area (Å²) < 4.78 is 0. The summed E-state index contributed by atoms with van der Waals surface area (Å²) in [6.45, 7) is 3.32. The third-order valence-corrected chi connectivity index (χ3v) is 4.92. The number of benzene rings is 2. The lowest BCUT2D eigenvalue weighted by atomic mass is 10.1. The molecule has 25 heavy (non-hydrogen) atoms. The highest BCUT2D eigenvalue weighted by Crippen LogP contribution is 2.20. The third-order valence-electron chi connectivity index (χ3n) is 4.92. The van der Waals surface area contributed by atoms with Crippen molar-refractivity contribution in [1.82, 2.24) is 14.9 Å². The smallest absolute Gasteiger partial charge is 0.259 e. The van der Waals surface area contributed by atoms with E-state index in [-0.39, 0.29) is 5.56 Å². The van der Waals surface area contributed by atoms with Crippen LogP contribution >= 0.6 is 0 Å². The van der Waals surface area contributed by atoms with Crippen molar-refractivity contribution in [1.29, 1.82) is 0 Å². The van der Waals surface area contributed by atoms with Crippen molar-refractivity contribution >= 4 is 10.9 Å². The number of rotatable bonds is 3. The summed E-state index contributed by atoms with van der Waals surface area (Å²) in [5, 5.41) is 0.631. The van der Waals surface area contributed by atoms with Crippen LogP contribution in [-0.4, -0.2) is 28.0 Å². The average Bonchev–Trinajstić information content (AvgIpc) is 2.91. The second kappa shape index (κ2) is 7.19. The molecule has 0 spiro atoms. The number of hydrogen-bond acceptors (Lipinski definition) is 3. The second-order valence-corrected chi connectivity index (χ2v) is 6.82. The standard InChI is InChI=1S/C21H23N3O/c25-21-18-10-3-4-11-19(18)22-20(23-21)17-9-7-8-16(14-17)15-24-12-5-1-2-6-13-24/h3-4,7-11,14H,1-2,5-6,12-13,15H2,(H,22,23,25). The van der Waals surface area contributed by atoms with E-state index < -0.39 is 0 Å². The molecular weight excluding hydrogens is 310 g/mol. The maximum absolute atomic E-state index is 12.3. The van der Waals surface area contributed by atoms with Crippen molar-refractivity contribution in [2.24, 2.45) is 0 Å². The van der Waals surface area contributed by atoms with Crippen molar-refractivity contribution in [2.45, 2.75) is 32.2 Å². The number of hydrogen-bond donors (Lipinski definition) is 1. The number of likely N-dealkylation sites (tertiary alicyclic amines) is 1. The van der Waals surface area contributed by atoms with E-state index in [4.69, 9.17) is 0 Å². The summed E-state index contributed by atoms with van der Waals surface area (Å²) in [6.07, 6.45) is 5.27. The molecule has 4 rings (SSSR count). The van der Waals surface area contributed by atoms with E-state index in [1.807, 2.05) is 24.3 Å². The van der Waals surface area contributed by atoms with Crippen molar-refractivity contribution < 1.29 is 0 Å². The fraction of sp³-hybridized carbons (Fsp3) is 0.333. The molecule has 1 saturated heterocycles. The van der Waals surface area contributed by atoms with Gasteiger partial charge in [-0.25, -0.2) is 4.98 Å². The van der Waals surface area contributed by atoms with Crippen molar-refractivity contribution in [3.05, 3.63) is 64.4 Å². The van der Waals surface area contributed by atoms with E-state index in [9.17, 15) is 4.79 Å². The number of fused-ring (bicyclic) bond motifs is 1. The molecule has 0 saturated carbocycles. The van der Waals surface area contributed by atoms with E-state index in [0.29, 0.717) is 11.2 Å². The van der Waals surface area contributed by atoms with Gasteiger partial charge in [0, 0.05) is 12.1 Å². The number of aromatic nitrogens is 2. The lowest BCUT2D eigenvalue weighted by Crippen LogP contribution is -2.23. The van der Waals surface area contributed by atoms with E-state index in [1.54, 1.807) is 6.07 Å². The molecule has 0 radical (unpaired) electrons. The Balaban J connectivity index is 1.64.